The van der Waals surface area contributed by atoms with E-state index in [9.17, 15) is 0 Å². The zero-order valence-corrected chi connectivity index (χ0v) is 13.3. The van der Waals surface area contributed by atoms with Crippen molar-refractivity contribution in [2.24, 2.45) is 0 Å². The van der Waals surface area contributed by atoms with Crippen molar-refractivity contribution in [2.45, 2.75) is 31.6 Å². The standard InChI is InChI=1S/C14H16BrClN4/c15-11-7-9(16)5-6-10(11)12-13(17)20(18)14(19-12)8-3-1-2-4-8/h5-8H,1-4,17-18H2. The second-order valence-corrected chi connectivity index (χ2v) is 6.47. The molecule has 106 valence electrons. The molecule has 4 nitrogen and oxygen atoms in total. The first kappa shape index (κ1) is 13.8. The number of benzene rings is 1. The molecule has 0 bridgehead atoms. The summed E-state index contributed by atoms with van der Waals surface area (Å²) in [5, 5.41) is 0.669. The third kappa shape index (κ3) is 2.29. The summed E-state index contributed by atoms with van der Waals surface area (Å²) in [5.41, 5.74) is 7.76. The maximum absolute atomic E-state index is 6.13. The van der Waals surface area contributed by atoms with Crippen LogP contribution < -0.4 is 11.6 Å². The highest BCUT2D eigenvalue weighted by Gasteiger charge is 2.25. The number of rotatable bonds is 2. The van der Waals surface area contributed by atoms with E-state index in [0.29, 0.717) is 16.8 Å². The Morgan fingerprint density at radius 2 is 2.00 bits per heavy atom. The van der Waals surface area contributed by atoms with Gasteiger partial charge in [0.05, 0.1) is 0 Å². The average molecular weight is 356 g/mol. The quantitative estimate of drug-likeness (QED) is 0.802. The SMILES string of the molecule is Nc1c(-c2ccc(Cl)cc2Br)nc(C2CCCC2)n1N. The van der Waals surface area contributed by atoms with Crippen LogP contribution in [0.1, 0.15) is 37.4 Å². The lowest BCUT2D eigenvalue weighted by Crippen LogP contribution is -2.17. The Balaban J connectivity index is 2.07. The van der Waals surface area contributed by atoms with E-state index in [1.807, 2.05) is 18.2 Å². The number of nitrogens with two attached hydrogens (primary N) is 2. The van der Waals surface area contributed by atoms with Gasteiger partial charge in [0, 0.05) is 21.0 Å². The minimum absolute atomic E-state index is 0.419. The lowest BCUT2D eigenvalue weighted by Gasteiger charge is -2.08. The third-order valence-electron chi connectivity index (χ3n) is 3.88. The number of aromatic nitrogens is 2. The molecule has 6 heteroatoms. The summed E-state index contributed by atoms with van der Waals surface area (Å²) < 4.78 is 2.40. The van der Waals surface area contributed by atoms with Crippen molar-refractivity contribution in [3.8, 4) is 11.3 Å². The van der Waals surface area contributed by atoms with Gasteiger partial charge in [0.1, 0.15) is 11.5 Å². The number of nitrogens with zero attached hydrogens (tertiary/aromatic N) is 2. The van der Waals surface area contributed by atoms with Gasteiger partial charge in [-0.1, -0.05) is 46.4 Å². The van der Waals surface area contributed by atoms with E-state index in [0.717, 1.165) is 34.4 Å². The average Bonchev–Trinajstić information content (AvgIpc) is 3.01. The van der Waals surface area contributed by atoms with E-state index in [1.54, 1.807) is 0 Å². The molecule has 1 fully saturated rings. The van der Waals surface area contributed by atoms with Crippen LogP contribution in [-0.2, 0) is 0 Å². The Morgan fingerprint density at radius 3 is 2.65 bits per heavy atom. The van der Waals surface area contributed by atoms with Gasteiger partial charge in [0.15, 0.2) is 5.82 Å². The molecular formula is C14H16BrClN4. The Bertz CT molecular complexity index is 647. The van der Waals surface area contributed by atoms with Crippen molar-refractivity contribution in [3.63, 3.8) is 0 Å². The fraction of sp³-hybridized carbons (Fsp3) is 0.357. The van der Waals surface area contributed by atoms with Crippen LogP contribution in [0.15, 0.2) is 22.7 Å². The molecule has 20 heavy (non-hydrogen) atoms. The van der Waals surface area contributed by atoms with Gasteiger partial charge < -0.3 is 11.6 Å². The van der Waals surface area contributed by atoms with Crippen LogP contribution in [-0.4, -0.2) is 9.66 Å². The van der Waals surface area contributed by atoms with Gasteiger partial charge in [0.2, 0.25) is 0 Å². The van der Waals surface area contributed by atoms with Crippen molar-refractivity contribution < 1.29 is 0 Å². The number of nitrogen functional groups attached to an aromatic ring is 2. The molecule has 1 saturated carbocycles. The highest BCUT2D eigenvalue weighted by Crippen LogP contribution is 2.38. The summed E-state index contributed by atoms with van der Waals surface area (Å²) in [6, 6.07) is 5.57. The van der Waals surface area contributed by atoms with Crippen LogP contribution in [0, 0.1) is 0 Å². The van der Waals surface area contributed by atoms with E-state index in [2.05, 4.69) is 15.9 Å². The van der Waals surface area contributed by atoms with E-state index < -0.39 is 0 Å². The predicted octanol–water partition coefficient (Wildman–Crippen LogP) is 3.92. The van der Waals surface area contributed by atoms with Gasteiger partial charge in [-0.25, -0.2) is 9.66 Å². The number of hydrogen-bond donors (Lipinski definition) is 2. The van der Waals surface area contributed by atoms with Crippen molar-refractivity contribution in [1.82, 2.24) is 9.66 Å². The summed E-state index contributed by atoms with van der Waals surface area (Å²) in [7, 11) is 0. The molecule has 0 amide bonds. The first-order chi connectivity index (χ1) is 9.58. The molecule has 0 saturated heterocycles. The van der Waals surface area contributed by atoms with E-state index in [-0.39, 0.29) is 0 Å². The summed E-state index contributed by atoms with van der Waals surface area (Å²) in [4.78, 5) is 4.69. The summed E-state index contributed by atoms with van der Waals surface area (Å²) in [6.07, 6.45) is 4.73. The van der Waals surface area contributed by atoms with Crippen molar-refractivity contribution in [2.75, 3.05) is 11.6 Å². The van der Waals surface area contributed by atoms with Crippen molar-refractivity contribution in [3.05, 3.63) is 33.5 Å². The molecule has 1 aliphatic carbocycles. The molecule has 0 aliphatic heterocycles. The lowest BCUT2D eigenvalue weighted by atomic mass is 10.1. The first-order valence-corrected chi connectivity index (χ1v) is 7.83. The second-order valence-electron chi connectivity index (χ2n) is 5.18. The molecule has 0 radical (unpaired) electrons. The molecule has 1 aromatic carbocycles. The fourth-order valence-corrected chi connectivity index (χ4v) is 3.69. The third-order valence-corrected chi connectivity index (χ3v) is 4.77. The van der Waals surface area contributed by atoms with Crippen molar-refractivity contribution >= 4 is 33.3 Å². The summed E-state index contributed by atoms with van der Waals surface area (Å²) in [5.74, 6) is 7.89. The summed E-state index contributed by atoms with van der Waals surface area (Å²) in [6.45, 7) is 0. The number of halogens is 2. The molecular weight excluding hydrogens is 340 g/mol. The van der Waals surface area contributed by atoms with Gasteiger partial charge >= 0.3 is 0 Å². The number of imidazole rings is 1. The monoisotopic (exact) mass is 354 g/mol. The number of hydrogen-bond acceptors (Lipinski definition) is 3. The van der Waals surface area contributed by atoms with E-state index in [4.69, 9.17) is 28.2 Å². The molecule has 1 heterocycles. The van der Waals surface area contributed by atoms with Crippen LogP contribution in [0.3, 0.4) is 0 Å². The van der Waals surface area contributed by atoms with Crippen LogP contribution in [0.5, 0.6) is 0 Å². The maximum atomic E-state index is 6.13. The van der Waals surface area contributed by atoms with Crippen molar-refractivity contribution in [1.29, 1.82) is 0 Å². The van der Waals surface area contributed by atoms with Gasteiger partial charge in [-0.3, -0.25) is 0 Å². The molecule has 4 N–H and O–H groups in total. The zero-order valence-electron chi connectivity index (χ0n) is 10.9. The Labute approximate surface area is 131 Å². The highest BCUT2D eigenvalue weighted by atomic mass is 79.9. The fourth-order valence-electron chi connectivity index (χ4n) is 2.81. The van der Waals surface area contributed by atoms with E-state index in [1.165, 1.54) is 17.5 Å². The van der Waals surface area contributed by atoms with Gasteiger partial charge in [0.25, 0.3) is 0 Å². The predicted molar refractivity (Wildman–Crippen MR) is 86.1 cm³/mol. The molecule has 0 unspecified atom stereocenters. The number of anilines is 1. The minimum Gasteiger partial charge on any atom is -0.382 e. The molecule has 3 rings (SSSR count). The largest absolute Gasteiger partial charge is 0.382 e. The molecule has 1 aromatic heterocycles. The second kappa shape index (κ2) is 5.30. The Hall–Kier alpha value is -1.20. The normalized spacial score (nSPS) is 15.9. The van der Waals surface area contributed by atoms with Gasteiger partial charge in [-0.2, -0.15) is 0 Å². The molecule has 1 aliphatic rings. The Kier molecular flexibility index (Phi) is 3.65. The van der Waals surface area contributed by atoms with Crippen LogP contribution in [0.25, 0.3) is 11.3 Å². The minimum atomic E-state index is 0.419. The van der Waals surface area contributed by atoms with Crippen LogP contribution in [0.2, 0.25) is 5.02 Å². The van der Waals surface area contributed by atoms with Crippen LogP contribution >= 0.6 is 27.5 Å². The molecule has 0 spiro atoms. The first-order valence-electron chi connectivity index (χ1n) is 6.66. The van der Waals surface area contributed by atoms with E-state index >= 15 is 0 Å². The molecule has 0 atom stereocenters. The lowest BCUT2D eigenvalue weighted by molar-refractivity contribution is 0.648. The zero-order chi connectivity index (χ0) is 14.3. The topological polar surface area (TPSA) is 69.9 Å². The summed E-state index contributed by atoms with van der Waals surface area (Å²) >= 11 is 9.48. The van der Waals surface area contributed by atoms with Gasteiger partial charge in [-0.15, -0.1) is 0 Å². The molecule has 2 aromatic rings. The van der Waals surface area contributed by atoms with Crippen LogP contribution in [0.4, 0.5) is 5.82 Å². The smallest absolute Gasteiger partial charge is 0.150 e. The maximum Gasteiger partial charge on any atom is 0.150 e. The highest BCUT2D eigenvalue weighted by molar-refractivity contribution is 9.10. The van der Waals surface area contributed by atoms with Gasteiger partial charge in [-0.05, 0) is 25.0 Å². The Morgan fingerprint density at radius 1 is 1.30 bits per heavy atom.